The van der Waals surface area contributed by atoms with E-state index in [1.807, 2.05) is 36.0 Å². The van der Waals surface area contributed by atoms with Crippen molar-refractivity contribution in [3.63, 3.8) is 0 Å². The third kappa shape index (κ3) is 9.82. The van der Waals surface area contributed by atoms with Gasteiger partial charge in [0.2, 0.25) is 11.8 Å². The summed E-state index contributed by atoms with van der Waals surface area (Å²) in [5.41, 5.74) is 1.85. The molecule has 0 unspecified atom stereocenters. The lowest BCUT2D eigenvalue weighted by Crippen LogP contribution is -2.53. The molecular formula is C38H52Cl4N4O2. The van der Waals surface area contributed by atoms with Crippen LogP contribution >= 0.6 is 46.4 Å². The molecule has 2 aromatic rings. The Bertz CT molecular complexity index is 1280. The molecule has 0 radical (unpaired) electrons. The number of likely N-dealkylation sites (tertiary alicyclic amines) is 2. The topological polar surface area (TPSA) is 47.1 Å². The molecule has 2 saturated heterocycles. The Morgan fingerprint density at radius 1 is 0.562 bits per heavy atom. The molecule has 2 amide bonds. The summed E-state index contributed by atoms with van der Waals surface area (Å²) in [6.45, 7) is 4.76. The fraction of sp³-hybridized carbons (Fsp3) is 0.632. The third-order valence-corrected chi connectivity index (χ3v) is 12.5. The molecule has 2 aliphatic carbocycles. The highest BCUT2D eigenvalue weighted by molar-refractivity contribution is 6.42. The van der Waals surface area contributed by atoms with Crippen molar-refractivity contribution in [2.45, 2.75) is 114 Å². The van der Waals surface area contributed by atoms with Gasteiger partial charge >= 0.3 is 0 Å². The summed E-state index contributed by atoms with van der Waals surface area (Å²) in [6.07, 6.45) is 15.6. The average molecular weight is 739 g/mol. The quantitative estimate of drug-likeness (QED) is 0.272. The van der Waals surface area contributed by atoms with E-state index in [9.17, 15) is 9.59 Å². The summed E-state index contributed by atoms with van der Waals surface area (Å²) in [4.78, 5) is 34.8. The number of amides is 2. The highest BCUT2D eigenvalue weighted by Gasteiger charge is 2.36. The van der Waals surface area contributed by atoms with Crippen LogP contribution in [0.5, 0.6) is 0 Å². The van der Waals surface area contributed by atoms with Crippen molar-refractivity contribution in [3.8, 4) is 0 Å². The van der Waals surface area contributed by atoms with E-state index in [0.29, 0.717) is 57.1 Å². The fourth-order valence-corrected chi connectivity index (χ4v) is 8.99. The lowest BCUT2D eigenvalue weighted by molar-refractivity contribution is -0.134. The fourth-order valence-electron chi connectivity index (χ4n) is 8.35. The molecule has 48 heavy (non-hydrogen) atoms. The predicted molar refractivity (Wildman–Crippen MR) is 200 cm³/mol. The van der Waals surface area contributed by atoms with Gasteiger partial charge in [0.05, 0.1) is 32.9 Å². The Hall–Kier alpha value is -1.54. The number of benzene rings is 2. The average Bonchev–Trinajstić information content (AvgIpc) is 3.84. The van der Waals surface area contributed by atoms with Crippen LogP contribution in [-0.4, -0.2) is 95.9 Å². The van der Waals surface area contributed by atoms with Crippen molar-refractivity contribution in [1.82, 2.24) is 19.6 Å². The largest absolute Gasteiger partial charge is 0.341 e. The number of carbonyl (C=O) groups excluding carboxylic acids is 2. The molecule has 0 spiro atoms. The molecule has 0 aromatic heterocycles. The first kappa shape index (κ1) is 37.7. The second-order valence-corrected chi connectivity index (χ2v) is 15.8. The number of carbonyl (C=O) groups is 2. The molecule has 2 heterocycles. The molecule has 4 atom stereocenters. The van der Waals surface area contributed by atoms with Gasteiger partial charge in [0.15, 0.2) is 0 Å². The third-order valence-electron chi connectivity index (χ3n) is 11.1. The molecule has 0 N–H and O–H groups in total. The maximum absolute atomic E-state index is 12.8. The monoisotopic (exact) mass is 736 g/mol. The Balaban J connectivity index is 0.000000188. The van der Waals surface area contributed by atoms with Gasteiger partial charge in [0, 0.05) is 38.3 Å². The second-order valence-electron chi connectivity index (χ2n) is 14.2. The molecule has 4 aliphatic rings. The minimum absolute atomic E-state index is 0.171. The number of likely N-dealkylation sites (N-methyl/N-ethyl adjacent to an activating group) is 2. The minimum Gasteiger partial charge on any atom is -0.341 e. The Labute approximate surface area is 308 Å². The zero-order valence-corrected chi connectivity index (χ0v) is 31.6. The summed E-state index contributed by atoms with van der Waals surface area (Å²) in [7, 11) is 3.94. The van der Waals surface area contributed by atoms with Crippen LogP contribution in [0.1, 0.15) is 88.2 Å². The molecule has 10 heteroatoms. The first-order valence-corrected chi connectivity index (χ1v) is 19.5. The maximum atomic E-state index is 12.8. The van der Waals surface area contributed by atoms with Gasteiger partial charge in [-0.1, -0.05) is 84.2 Å². The van der Waals surface area contributed by atoms with Gasteiger partial charge < -0.3 is 9.80 Å². The van der Waals surface area contributed by atoms with E-state index in [1.54, 1.807) is 24.3 Å². The molecule has 2 saturated carbocycles. The van der Waals surface area contributed by atoms with E-state index in [2.05, 4.69) is 9.80 Å². The number of hydrogen-bond donors (Lipinski definition) is 0. The van der Waals surface area contributed by atoms with Crippen molar-refractivity contribution in [1.29, 1.82) is 0 Å². The molecule has 4 fully saturated rings. The molecular weight excluding hydrogens is 686 g/mol. The van der Waals surface area contributed by atoms with Crippen molar-refractivity contribution in [3.05, 3.63) is 67.6 Å². The van der Waals surface area contributed by atoms with Crippen LogP contribution in [0, 0.1) is 0 Å². The van der Waals surface area contributed by atoms with E-state index >= 15 is 0 Å². The Morgan fingerprint density at radius 2 is 0.917 bits per heavy atom. The van der Waals surface area contributed by atoms with Crippen molar-refractivity contribution in [2.75, 3.05) is 40.3 Å². The molecule has 2 aromatic carbocycles. The van der Waals surface area contributed by atoms with Crippen molar-refractivity contribution in [2.24, 2.45) is 0 Å². The van der Waals surface area contributed by atoms with Crippen molar-refractivity contribution >= 4 is 58.2 Å². The summed E-state index contributed by atoms with van der Waals surface area (Å²) in [5.74, 6) is 0.342. The number of nitrogens with zero attached hydrogens (tertiary/aromatic N) is 4. The van der Waals surface area contributed by atoms with Gasteiger partial charge in [-0.3, -0.25) is 19.4 Å². The van der Waals surface area contributed by atoms with E-state index in [1.165, 1.54) is 90.4 Å². The minimum atomic E-state index is 0.171. The summed E-state index contributed by atoms with van der Waals surface area (Å²) >= 11 is 24.1. The number of rotatable bonds is 8. The SMILES string of the molecule is CN(C(=O)Cc1ccc(Cl)c(Cl)c1)[C@@H]1CCCC[C@H]1N1CCCC1.CN(C(=O)Cc1ccc(Cl)c(Cl)c1)[C@H]1CCCC[C@@H]1N1CCCC1. The summed E-state index contributed by atoms with van der Waals surface area (Å²) < 4.78 is 0. The van der Waals surface area contributed by atoms with Crippen molar-refractivity contribution < 1.29 is 9.59 Å². The number of halogens is 4. The molecule has 264 valence electrons. The molecule has 6 nitrogen and oxygen atoms in total. The lowest BCUT2D eigenvalue weighted by Gasteiger charge is -2.42. The summed E-state index contributed by atoms with van der Waals surface area (Å²) in [6, 6.07) is 12.6. The second kappa shape index (κ2) is 18.1. The van der Waals surface area contributed by atoms with Crippen LogP contribution in [0.15, 0.2) is 36.4 Å². The van der Waals surface area contributed by atoms with Gasteiger partial charge in [-0.2, -0.15) is 0 Å². The first-order valence-electron chi connectivity index (χ1n) is 18.0. The van der Waals surface area contributed by atoms with Crippen LogP contribution < -0.4 is 0 Å². The normalized spacial score (nSPS) is 25.0. The van der Waals surface area contributed by atoms with Gasteiger partial charge in [-0.25, -0.2) is 0 Å². The first-order chi connectivity index (χ1) is 23.1. The van der Waals surface area contributed by atoms with Crippen LogP contribution in [0.25, 0.3) is 0 Å². The van der Waals surface area contributed by atoms with E-state index in [0.717, 1.165) is 24.0 Å². The smallest absolute Gasteiger partial charge is 0.227 e. The molecule has 6 rings (SSSR count). The molecule has 2 aliphatic heterocycles. The maximum Gasteiger partial charge on any atom is 0.227 e. The van der Waals surface area contributed by atoms with Crippen LogP contribution in [0.4, 0.5) is 0 Å². The van der Waals surface area contributed by atoms with E-state index < -0.39 is 0 Å². The predicted octanol–water partition coefficient (Wildman–Crippen LogP) is 8.80. The van der Waals surface area contributed by atoms with E-state index in [4.69, 9.17) is 46.4 Å². The standard InChI is InChI=1S/2C19H26Cl2N2O/c2*1-22(19(24)13-14-8-9-15(20)16(21)12-14)17-6-2-3-7-18(17)23-10-4-5-11-23/h2*8-9,12,17-18H,2-7,10-11,13H2,1H3/t2*17-,18-/m10/s1. The van der Waals surface area contributed by atoms with Crippen LogP contribution in [0.2, 0.25) is 20.1 Å². The number of hydrogen-bond acceptors (Lipinski definition) is 4. The zero-order chi connectivity index (χ0) is 34.2. The zero-order valence-electron chi connectivity index (χ0n) is 28.6. The summed E-state index contributed by atoms with van der Waals surface area (Å²) in [5, 5.41) is 2.08. The van der Waals surface area contributed by atoms with Crippen LogP contribution in [0.3, 0.4) is 0 Å². The van der Waals surface area contributed by atoms with Gasteiger partial charge in [-0.05, 0) is 113 Å². The van der Waals surface area contributed by atoms with Gasteiger partial charge in [0.1, 0.15) is 0 Å². The highest BCUT2D eigenvalue weighted by Crippen LogP contribution is 2.31. The highest BCUT2D eigenvalue weighted by atomic mass is 35.5. The lowest BCUT2D eigenvalue weighted by atomic mass is 9.88. The Kier molecular flexibility index (Phi) is 14.2. The van der Waals surface area contributed by atoms with Crippen LogP contribution in [-0.2, 0) is 22.4 Å². The van der Waals surface area contributed by atoms with Gasteiger partial charge in [0.25, 0.3) is 0 Å². The Morgan fingerprint density at radius 3 is 1.27 bits per heavy atom. The van der Waals surface area contributed by atoms with E-state index in [-0.39, 0.29) is 11.8 Å². The molecule has 0 bridgehead atoms. The van der Waals surface area contributed by atoms with Gasteiger partial charge in [-0.15, -0.1) is 0 Å².